The van der Waals surface area contributed by atoms with Crippen LogP contribution in [0, 0.1) is 23.2 Å². The minimum Gasteiger partial charge on any atom is -0.404 e. The molecule has 0 radical (unpaired) electrons. The van der Waals surface area contributed by atoms with Gasteiger partial charge in [0, 0.05) is 24.6 Å². The van der Waals surface area contributed by atoms with Crippen molar-refractivity contribution in [3.05, 3.63) is 64.9 Å². The first kappa shape index (κ1) is 31.1. The summed E-state index contributed by atoms with van der Waals surface area (Å²) in [5, 5.41) is 10.7. The number of nitrogens with zero attached hydrogens (tertiary/aromatic N) is 2. The van der Waals surface area contributed by atoms with Gasteiger partial charge in [0.2, 0.25) is 5.60 Å². The zero-order valence-corrected chi connectivity index (χ0v) is 26.9. The van der Waals surface area contributed by atoms with Gasteiger partial charge in [0.15, 0.2) is 0 Å². The van der Waals surface area contributed by atoms with Crippen LogP contribution >= 0.6 is 11.6 Å². The Morgan fingerprint density at radius 3 is 2.61 bits per heavy atom. The molecule has 3 saturated carbocycles. The van der Waals surface area contributed by atoms with E-state index >= 15 is 0 Å². The van der Waals surface area contributed by atoms with E-state index in [1.54, 1.807) is 6.07 Å². The van der Waals surface area contributed by atoms with Crippen molar-refractivity contribution in [2.24, 2.45) is 28.3 Å². The first-order valence-corrected chi connectivity index (χ1v) is 16.1. The van der Waals surface area contributed by atoms with Crippen LogP contribution < -0.4 is 10.6 Å². The van der Waals surface area contributed by atoms with E-state index in [-0.39, 0.29) is 53.0 Å². The number of hydrogen-bond acceptors (Lipinski definition) is 7. The molecular weight excluding hydrogens is 579 g/mol. The van der Waals surface area contributed by atoms with Crippen LogP contribution in [-0.4, -0.2) is 59.4 Å². The number of hydrogen-bond donors (Lipinski definition) is 2. The average Bonchev–Trinajstić information content (AvgIpc) is 3.57. The monoisotopic (exact) mass is 620 g/mol. The highest BCUT2D eigenvalue weighted by Gasteiger charge is 2.68. The molecule has 1 unspecified atom stereocenters. The number of carbonyl (C=O) groups excluding carboxylic acids is 2. The molecule has 9 nitrogen and oxygen atoms in total. The largest absolute Gasteiger partial charge is 0.481 e. The number of aromatic nitrogens is 1. The first-order valence-electron chi connectivity index (χ1n) is 15.7. The van der Waals surface area contributed by atoms with Crippen molar-refractivity contribution in [1.29, 1.82) is 0 Å². The van der Waals surface area contributed by atoms with Crippen molar-refractivity contribution in [2.45, 2.75) is 90.0 Å². The Hall–Kier alpha value is -2.95. The van der Waals surface area contributed by atoms with Crippen molar-refractivity contribution in [2.75, 3.05) is 6.54 Å². The zero-order chi connectivity index (χ0) is 31.3. The lowest BCUT2D eigenvalue weighted by molar-refractivity contribution is -0.199. The molecule has 44 heavy (non-hydrogen) atoms. The molecule has 5 aliphatic rings. The van der Waals surface area contributed by atoms with Crippen LogP contribution in [-0.2, 0) is 25.4 Å². The number of carbonyl (C=O) groups is 2. The molecule has 2 aromatic rings. The quantitative estimate of drug-likeness (QED) is 0.285. The SMILES string of the molecule is CC(C)C[C@H](NC(=O)C1(Cc2ccccc2)CC(CNC(=O)c2ccnc(Cl)c2)=NO1)B1O[C@@H]2C[C@@H]3C[C@@H](C3(C)C)[C@]2(C)O1. The van der Waals surface area contributed by atoms with Gasteiger partial charge in [-0.15, -0.1) is 0 Å². The Balaban J connectivity index is 1.18. The van der Waals surface area contributed by atoms with Crippen molar-refractivity contribution in [3.63, 3.8) is 0 Å². The number of pyridine rings is 1. The van der Waals surface area contributed by atoms with E-state index < -0.39 is 12.7 Å². The normalized spacial score (nSPS) is 30.6. The Morgan fingerprint density at radius 2 is 1.91 bits per heavy atom. The molecule has 11 heteroatoms. The van der Waals surface area contributed by atoms with Crippen molar-refractivity contribution >= 4 is 36.2 Å². The lowest BCUT2D eigenvalue weighted by Crippen LogP contribution is -2.65. The van der Waals surface area contributed by atoms with Gasteiger partial charge >= 0.3 is 7.12 Å². The van der Waals surface area contributed by atoms with E-state index in [4.69, 9.17) is 25.7 Å². The van der Waals surface area contributed by atoms with Crippen LogP contribution in [0.5, 0.6) is 0 Å². The summed E-state index contributed by atoms with van der Waals surface area (Å²) in [6, 6.07) is 12.8. The van der Waals surface area contributed by atoms with Crippen LogP contribution in [0.2, 0.25) is 5.15 Å². The van der Waals surface area contributed by atoms with Crippen LogP contribution in [0.3, 0.4) is 0 Å². The summed E-state index contributed by atoms with van der Waals surface area (Å²) in [5.74, 6) is 0.420. The van der Waals surface area contributed by atoms with E-state index in [2.05, 4.69) is 55.4 Å². The zero-order valence-electron chi connectivity index (χ0n) is 26.1. The molecule has 3 heterocycles. The van der Waals surface area contributed by atoms with Gasteiger partial charge < -0.3 is 24.8 Å². The summed E-state index contributed by atoms with van der Waals surface area (Å²) in [4.78, 5) is 37.0. The molecule has 3 aliphatic carbocycles. The second-order valence-electron chi connectivity index (χ2n) is 14.2. The highest BCUT2D eigenvalue weighted by atomic mass is 35.5. The Labute approximate surface area is 265 Å². The summed E-state index contributed by atoms with van der Waals surface area (Å²) >= 11 is 5.95. The molecule has 1 aromatic carbocycles. The smallest absolute Gasteiger partial charge is 0.404 e. The lowest BCUT2D eigenvalue weighted by Gasteiger charge is -2.64. The Bertz CT molecular complexity index is 1440. The lowest BCUT2D eigenvalue weighted by atomic mass is 9.43. The molecule has 4 fully saturated rings. The van der Waals surface area contributed by atoms with Crippen molar-refractivity contribution in [3.8, 4) is 0 Å². The molecule has 2 aliphatic heterocycles. The number of oxime groups is 1. The number of nitrogens with one attached hydrogen (secondary N) is 2. The summed E-state index contributed by atoms with van der Waals surface area (Å²) in [6.45, 7) is 11.3. The second kappa shape index (κ2) is 11.8. The molecule has 2 amide bonds. The third kappa shape index (κ3) is 5.76. The van der Waals surface area contributed by atoms with Gasteiger partial charge in [-0.05, 0) is 67.1 Å². The predicted molar refractivity (Wildman–Crippen MR) is 169 cm³/mol. The fourth-order valence-corrected chi connectivity index (χ4v) is 7.98. The topological polar surface area (TPSA) is 111 Å². The van der Waals surface area contributed by atoms with Crippen LogP contribution in [0.15, 0.2) is 53.8 Å². The number of benzene rings is 1. The van der Waals surface area contributed by atoms with Crippen molar-refractivity contribution < 1.29 is 23.7 Å². The Morgan fingerprint density at radius 1 is 1.14 bits per heavy atom. The molecule has 0 spiro atoms. The average molecular weight is 621 g/mol. The van der Waals surface area contributed by atoms with E-state index in [1.807, 2.05) is 30.3 Å². The van der Waals surface area contributed by atoms with Crippen LogP contribution in [0.25, 0.3) is 0 Å². The van der Waals surface area contributed by atoms with E-state index in [1.165, 1.54) is 12.3 Å². The molecule has 1 saturated heterocycles. The molecule has 234 valence electrons. The van der Waals surface area contributed by atoms with Gasteiger partial charge in [-0.3, -0.25) is 9.59 Å². The number of halogens is 1. The fraction of sp³-hybridized carbons (Fsp3) is 0.576. The summed E-state index contributed by atoms with van der Waals surface area (Å²) in [6.07, 6.45) is 4.88. The van der Waals surface area contributed by atoms with Gasteiger partial charge in [0.1, 0.15) is 5.15 Å². The van der Waals surface area contributed by atoms with Crippen LogP contribution in [0.4, 0.5) is 0 Å². The minimum atomic E-state index is -1.28. The summed E-state index contributed by atoms with van der Waals surface area (Å²) < 4.78 is 13.4. The summed E-state index contributed by atoms with van der Waals surface area (Å²) in [7, 11) is -0.548. The standard InChI is InChI=1S/C33H42BClN4O5/c1-20(2)13-27(34-42-26-16-23-15-25(31(23,3)4)32(26,5)43-34)38-30(41)33(17-21-9-7-6-8-10-21)18-24(39-44-33)19-37-29(40)22-11-12-36-28(35)14-22/h6-12,14,20,23,25-27H,13,15-19H2,1-5H3,(H,37,40)(H,38,41)/t23-,25-,26+,27-,32-,33?/m0/s1. The van der Waals surface area contributed by atoms with E-state index in [9.17, 15) is 9.59 Å². The second-order valence-corrected chi connectivity index (χ2v) is 14.6. The maximum Gasteiger partial charge on any atom is 0.481 e. The van der Waals surface area contributed by atoms with Gasteiger partial charge in [-0.2, -0.15) is 0 Å². The van der Waals surface area contributed by atoms with Gasteiger partial charge in [-0.25, -0.2) is 4.98 Å². The van der Waals surface area contributed by atoms with Gasteiger partial charge in [0.05, 0.1) is 29.9 Å². The Kier molecular flexibility index (Phi) is 8.31. The fourth-order valence-electron chi connectivity index (χ4n) is 7.81. The molecule has 2 bridgehead atoms. The third-order valence-corrected chi connectivity index (χ3v) is 10.6. The minimum absolute atomic E-state index is 0.0191. The van der Waals surface area contributed by atoms with Crippen molar-refractivity contribution in [1.82, 2.24) is 15.6 Å². The molecule has 2 N–H and O–H groups in total. The molecule has 7 rings (SSSR count). The number of rotatable bonds is 10. The number of amides is 2. The highest BCUT2D eigenvalue weighted by Crippen LogP contribution is 2.65. The molecule has 1 aromatic heterocycles. The molecular formula is C33H42BClN4O5. The third-order valence-electron chi connectivity index (χ3n) is 10.4. The van der Waals surface area contributed by atoms with Gasteiger partial charge in [-0.1, -0.05) is 74.8 Å². The predicted octanol–water partition coefficient (Wildman–Crippen LogP) is 5.02. The van der Waals surface area contributed by atoms with E-state index in [0.717, 1.165) is 18.4 Å². The molecule has 6 atom stereocenters. The maximum atomic E-state index is 14.3. The summed E-state index contributed by atoms with van der Waals surface area (Å²) in [5.41, 5.74) is 0.478. The maximum absolute atomic E-state index is 14.3. The highest BCUT2D eigenvalue weighted by molar-refractivity contribution is 6.48. The van der Waals surface area contributed by atoms with E-state index in [0.29, 0.717) is 41.9 Å². The van der Waals surface area contributed by atoms with Crippen LogP contribution in [0.1, 0.15) is 76.2 Å². The first-order chi connectivity index (χ1) is 20.9. The van der Waals surface area contributed by atoms with Gasteiger partial charge in [0.25, 0.3) is 11.8 Å².